The van der Waals surface area contributed by atoms with E-state index in [2.05, 4.69) is 6.07 Å². The normalized spacial score (nSPS) is 27.8. The number of nitrogens with zero attached hydrogens (tertiary/aromatic N) is 1. The Morgan fingerprint density at radius 2 is 1.90 bits per heavy atom. The third kappa shape index (κ3) is 2.53. The first-order valence-electron chi connectivity index (χ1n) is 8.09. The fourth-order valence-electron chi connectivity index (χ4n) is 3.94. The van der Waals surface area contributed by atoms with Gasteiger partial charge in [-0.3, -0.25) is 0 Å². The lowest BCUT2D eigenvalue weighted by Crippen LogP contribution is -2.46. The van der Waals surface area contributed by atoms with Gasteiger partial charge < -0.3 is 9.84 Å². The van der Waals surface area contributed by atoms with E-state index >= 15 is 0 Å². The van der Waals surface area contributed by atoms with Crippen molar-refractivity contribution in [1.29, 1.82) is 5.26 Å². The Bertz CT molecular complexity index is 528. The molecule has 1 fully saturated rings. The largest absolute Gasteiger partial charge is 0.493 e. The summed E-state index contributed by atoms with van der Waals surface area (Å²) in [7, 11) is 0. The van der Waals surface area contributed by atoms with E-state index in [0.29, 0.717) is 13.0 Å². The van der Waals surface area contributed by atoms with Gasteiger partial charge in [-0.2, -0.15) is 5.26 Å². The molecule has 1 N–H and O–H groups in total. The van der Waals surface area contributed by atoms with Gasteiger partial charge in [0.05, 0.1) is 18.8 Å². The zero-order chi connectivity index (χ0) is 14.7. The zero-order valence-electron chi connectivity index (χ0n) is 12.4. The molecule has 21 heavy (non-hydrogen) atoms. The third-order valence-electron chi connectivity index (χ3n) is 5.17. The van der Waals surface area contributed by atoms with Gasteiger partial charge in [0.15, 0.2) is 0 Å². The first-order chi connectivity index (χ1) is 10.3. The SMILES string of the molecule is N#CC1(C(O)C2CCCCCC2)CCOc2ccccc21. The second-order valence-corrected chi connectivity index (χ2v) is 6.37. The van der Waals surface area contributed by atoms with E-state index < -0.39 is 11.5 Å². The summed E-state index contributed by atoms with van der Waals surface area (Å²) < 4.78 is 5.68. The second-order valence-electron chi connectivity index (χ2n) is 6.37. The van der Waals surface area contributed by atoms with Crippen LogP contribution in [0.25, 0.3) is 0 Å². The van der Waals surface area contributed by atoms with Crippen LogP contribution in [0.2, 0.25) is 0 Å². The number of benzene rings is 1. The molecule has 0 spiro atoms. The molecule has 1 aliphatic carbocycles. The van der Waals surface area contributed by atoms with Gasteiger partial charge in [0.25, 0.3) is 0 Å². The minimum Gasteiger partial charge on any atom is -0.493 e. The molecule has 3 rings (SSSR count). The van der Waals surface area contributed by atoms with Crippen molar-refractivity contribution in [3.05, 3.63) is 29.8 Å². The van der Waals surface area contributed by atoms with Crippen LogP contribution < -0.4 is 4.74 Å². The fourth-order valence-corrected chi connectivity index (χ4v) is 3.94. The lowest BCUT2D eigenvalue weighted by Gasteiger charge is -2.40. The minimum absolute atomic E-state index is 0.235. The van der Waals surface area contributed by atoms with E-state index in [0.717, 1.165) is 24.2 Å². The summed E-state index contributed by atoms with van der Waals surface area (Å²) in [4.78, 5) is 0. The molecule has 1 saturated carbocycles. The molecule has 3 heteroatoms. The lowest BCUT2D eigenvalue weighted by molar-refractivity contribution is 0.0266. The Labute approximate surface area is 126 Å². The zero-order valence-corrected chi connectivity index (χ0v) is 12.4. The van der Waals surface area contributed by atoms with Crippen molar-refractivity contribution >= 4 is 0 Å². The Kier molecular flexibility index (Phi) is 4.17. The van der Waals surface area contributed by atoms with Gasteiger partial charge in [-0.25, -0.2) is 0 Å². The monoisotopic (exact) mass is 285 g/mol. The van der Waals surface area contributed by atoms with E-state index in [1.807, 2.05) is 24.3 Å². The number of aliphatic hydroxyl groups is 1. The predicted octanol–water partition coefficient (Wildman–Crippen LogP) is 3.56. The number of aliphatic hydroxyl groups excluding tert-OH is 1. The van der Waals surface area contributed by atoms with Crippen molar-refractivity contribution in [2.75, 3.05) is 6.61 Å². The van der Waals surface area contributed by atoms with Crippen LogP contribution in [0.1, 0.15) is 50.5 Å². The van der Waals surface area contributed by atoms with Crippen molar-refractivity contribution in [3.63, 3.8) is 0 Å². The molecule has 1 aromatic rings. The quantitative estimate of drug-likeness (QED) is 0.845. The fraction of sp³-hybridized carbons (Fsp3) is 0.611. The van der Waals surface area contributed by atoms with Crippen LogP contribution in [0.4, 0.5) is 0 Å². The summed E-state index contributed by atoms with van der Waals surface area (Å²) in [6.07, 6.45) is 6.90. The number of para-hydroxylation sites is 1. The van der Waals surface area contributed by atoms with Crippen LogP contribution in [0.5, 0.6) is 5.75 Å². The van der Waals surface area contributed by atoms with Gasteiger partial charge in [-0.15, -0.1) is 0 Å². The van der Waals surface area contributed by atoms with Gasteiger partial charge in [0, 0.05) is 12.0 Å². The highest BCUT2D eigenvalue weighted by Crippen LogP contribution is 2.44. The van der Waals surface area contributed by atoms with Crippen molar-refractivity contribution in [2.45, 2.75) is 56.5 Å². The molecule has 112 valence electrons. The summed E-state index contributed by atoms with van der Waals surface area (Å²) in [6.45, 7) is 0.508. The number of hydrogen-bond donors (Lipinski definition) is 1. The predicted molar refractivity (Wildman–Crippen MR) is 81.0 cm³/mol. The molecule has 1 aliphatic heterocycles. The first kappa shape index (κ1) is 14.4. The average molecular weight is 285 g/mol. The highest BCUT2D eigenvalue weighted by atomic mass is 16.5. The van der Waals surface area contributed by atoms with Crippen LogP contribution in [-0.4, -0.2) is 17.8 Å². The molecule has 0 radical (unpaired) electrons. The molecule has 2 aliphatic rings. The van der Waals surface area contributed by atoms with E-state index in [1.165, 1.54) is 25.7 Å². The highest BCUT2D eigenvalue weighted by molar-refractivity contribution is 5.46. The Morgan fingerprint density at radius 3 is 2.62 bits per heavy atom. The molecule has 0 aromatic heterocycles. The van der Waals surface area contributed by atoms with Gasteiger partial charge in [-0.1, -0.05) is 43.9 Å². The lowest BCUT2D eigenvalue weighted by atomic mass is 9.68. The number of nitriles is 1. The highest BCUT2D eigenvalue weighted by Gasteiger charge is 2.47. The molecule has 1 aromatic carbocycles. The van der Waals surface area contributed by atoms with Crippen LogP contribution in [-0.2, 0) is 5.41 Å². The summed E-state index contributed by atoms with van der Waals surface area (Å²) in [5.41, 5.74) is 0.0691. The van der Waals surface area contributed by atoms with Crippen molar-refractivity contribution in [1.82, 2.24) is 0 Å². The number of rotatable bonds is 2. The average Bonchev–Trinajstić information content (AvgIpc) is 2.82. The maximum atomic E-state index is 11.0. The standard InChI is InChI=1S/C18H23NO2/c19-13-18(17(20)14-7-3-1-2-4-8-14)11-12-21-16-10-6-5-9-15(16)18/h5-6,9-10,14,17,20H,1-4,7-8,11-12H2. The van der Waals surface area contributed by atoms with E-state index in [9.17, 15) is 10.4 Å². The second kappa shape index (κ2) is 6.07. The smallest absolute Gasteiger partial charge is 0.124 e. The molecular formula is C18H23NO2. The van der Waals surface area contributed by atoms with E-state index in [4.69, 9.17) is 4.74 Å². The van der Waals surface area contributed by atoms with Gasteiger partial charge in [-0.05, 0) is 24.8 Å². The van der Waals surface area contributed by atoms with Crippen LogP contribution in [0.15, 0.2) is 24.3 Å². The third-order valence-corrected chi connectivity index (χ3v) is 5.17. The van der Waals surface area contributed by atoms with Gasteiger partial charge in [0.1, 0.15) is 11.2 Å². The molecule has 0 saturated heterocycles. The molecule has 0 amide bonds. The summed E-state index contributed by atoms with van der Waals surface area (Å²) in [6, 6.07) is 10.2. The molecule has 0 bridgehead atoms. The summed E-state index contributed by atoms with van der Waals surface area (Å²) in [5.74, 6) is 0.997. The van der Waals surface area contributed by atoms with Crippen molar-refractivity contribution < 1.29 is 9.84 Å². The van der Waals surface area contributed by atoms with Crippen molar-refractivity contribution in [2.24, 2.45) is 5.92 Å². The van der Waals surface area contributed by atoms with Crippen LogP contribution in [0, 0.1) is 17.2 Å². The Hall–Kier alpha value is -1.53. The molecular weight excluding hydrogens is 262 g/mol. The number of fused-ring (bicyclic) bond motifs is 1. The van der Waals surface area contributed by atoms with E-state index in [1.54, 1.807) is 0 Å². The van der Waals surface area contributed by atoms with Crippen LogP contribution >= 0.6 is 0 Å². The molecule has 2 atom stereocenters. The number of hydrogen-bond acceptors (Lipinski definition) is 3. The summed E-state index contributed by atoms with van der Waals surface area (Å²) >= 11 is 0. The maximum Gasteiger partial charge on any atom is 0.124 e. The van der Waals surface area contributed by atoms with E-state index in [-0.39, 0.29) is 5.92 Å². The minimum atomic E-state index is -0.802. The Balaban J connectivity index is 1.95. The first-order valence-corrected chi connectivity index (χ1v) is 8.09. The summed E-state index contributed by atoms with van der Waals surface area (Å²) in [5, 5.41) is 20.9. The van der Waals surface area contributed by atoms with Crippen molar-refractivity contribution in [3.8, 4) is 11.8 Å². The molecule has 2 unspecified atom stereocenters. The van der Waals surface area contributed by atoms with Gasteiger partial charge in [0.2, 0.25) is 0 Å². The number of ether oxygens (including phenoxy) is 1. The van der Waals surface area contributed by atoms with Gasteiger partial charge >= 0.3 is 0 Å². The maximum absolute atomic E-state index is 11.0. The molecule has 1 heterocycles. The molecule has 3 nitrogen and oxygen atoms in total. The van der Waals surface area contributed by atoms with Crippen LogP contribution in [0.3, 0.4) is 0 Å². The topological polar surface area (TPSA) is 53.2 Å². The Morgan fingerprint density at radius 1 is 1.19 bits per heavy atom.